The van der Waals surface area contributed by atoms with Gasteiger partial charge in [-0.3, -0.25) is 9.89 Å². The molecule has 2 aromatic heterocycles. The van der Waals surface area contributed by atoms with Crippen LogP contribution in [0.4, 0.5) is 5.82 Å². The molecular weight excluding hydrogens is 264 g/mol. The lowest BCUT2D eigenvalue weighted by atomic mass is 10.1. The molecule has 2 aromatic rings. The number of aromatic amines is 1. The molecule has 4 rings (SSSR count). The molecule has 0 aromatic carbocycles. The summed E-state index contributed by atoms with van der Waals surface area (Å²) in [5, 5.41) is 11.3. The van der Waals surface area contributed by atoms with E-state index in [0.717, 1.165) is 48.4 Å². The van der Waals surface area contributed by atoms with Gasteiger partial charge in [-0.1, -0.05) is 12.8 Å². The summed E-state index contributed by atoms with van der Waals surface area (Å²) in [6.45, 7) is 0.953. The summed E-state index contributed by atoms with van der Waals surface area (Å²) in [7, 11) is 0. The Morgan fingerprint density at radius 3 is 3.00 bits per heavy atom. The highest BCUT2D eigenvalue weighted by molar-refractivity contribution is 5.79. The van der Waals surface area contributed by atoms with Gasteiger partial charge < -0.3 is 9.88 Å². The molecule has 1 aliphatic heterocycles. The predicted molar refractivity (Wildman–Crippen MR) is 81.6 cm³/mol. The molecule has 0 unspecified atom stereocenters. The fourth-order valence-electron chi connectivity index (χ4n) is 3.62. The highest BCUT2D eigenvalue weighted by atomic mass is 16.1. The van der Waals surface area contributed by atoms with Crippen LogP contribution in [0.25, 0.3) is 11.4 Å². The van der Waals surface area contributed by atoms with E-state index in [9.17, 15) is 4.79 Å². The van der Waals surface area contributed by atoms with Crippen molar-refractivity contribution in [3.63, 3.8) is 0 Å². The van der Waals surface area contributed by atoms with Crippen LogP contribution in [0.5, 0.6) is 0 Å². The molecular formula is C16H20N4O. The van der Waals surface area contributed by atoms with E-state index in [0.29, 0.717) is 6.04 Å². The van der Waals surface area contributed by atoms with E-state index in [-0.39, 0.29) is 0 Å². The topological polar surface area (TPSA) is 62.7 Å². The number of H-pyrrole nitrogens is 1. The van der Waals surface area contributed by atoms with Crippen molar-refractivity contribution in [1.29, 1.82) is 0 Å². The first-order valence-corrected chi connectivity index (χ1v) is 7.84. The largest absolute Gasteiger partial charge is 0.366 e. The van der Waals surface area contributed by atoms with Gasteiger partial charge in [-0.2, -0.15) is 5.10 Å². The summed E-state index contributed by atoms with van der Waals surface area (Å²) in [6.07, 6.45) is 10.1. The van der Waals surface area contributed by atoms with Crippen LogP contribution < -0.4 is 5.32 Å². The monoisotopic (exact) mass is 284 g/mol. The summed E-state index contributed by atoms with van der Waals surface area (Å²) in [6, 6.07) is 2.52. The Morgan fingerprint density at radius 1 is 1.33 bits per heavy atom. The molecule has 0 saturated heterocycles. The molecule has 5 heteroatoms. The SMILES string of the molecule is O=Cc1cc2n(c1)CCCc1c(NC3CCCC3)n[nH]c1-2. The van der Waals surface area contributed by atoms with Gasteiger partial charge in [0, 0.05) is 29.9 Å². The Hall–Kier alpha value is -2.04. The first-order chi connectivity index (χ1) is 10.3. The van der Waals surface area contributed by atoms with Crippen LogP contribution in [-0.4, -0.2) is 27.1 Å². The maximum absolute atomic E-state index is 11.0. The second kappa shape index (κ2) is 5.06. The molecule has 0 amide bonds. The third kappa shape index (κ3) is 2.17. The van der Waals surface area contributed by atoms with Crippen molar-refractivity contribution in [2.24, 2.45) is 0 Å². The van der Waals surface area contributed by atoms with Gasteiger partial charge in [0.2, 0.25) is 0 Å². The van der Waals surface area contributed by atoms with Crippen molar-refractivity contribution in [3.8, 4) is 11.4 Å². The van der Waals surface area contributed by atoms with Gasteiger partial charge >= 0.3 is 0 Å². The van der Waals surface area contributed by atoms with Crippen molar-refractivity contribution in [3.05, 3.63) is 23.4 Å². The number of nitrogens with zero attached hydrogens (tertiary/aromatic N) is 2. The molecule has 21 heavy (non-hydrogen) atoms. The first kappa shape index (κ1) is 12.7. The summed E-state index contributed by atoms with van der Waals surface area (Å²) in [5.74, 6) is 1.01. The lowest BCUT2D eigenvalue weighted by Crippen LogP contribution is -2.15. The molecule has 5 nitrogen and oxygen atoms in total. The minimum atomic E-state index is 0.568. The average Bonchev–Trinajstić information content (AvgIpc) is 3.19. The number of nitrogens with one attached hydrogen (secondary N) is 2. The van der Waals surface area contributed by atoms with Gasteiger partial charge in [0.05, 0.1) is 11.4 Å². The molecule has 1 saturated carbocycles. The van der Waals surface area contributed by atoms with Crippen LogP contribution in [-0.2, 0) is 13.0 Å². The number of carbonyl (C=O) groups is 1. The number of carbonyl (C=O) groups excluding carboxylic acids is 1. The molecule has 0 atom stereocenters. The summed E-state index contributed by atoms with van der Waals surface area (Å²) >= 11 is 0. The van der Waals surface area contributed by atoms with Crippen molar-refractivity contribution in [1.82, 2.24) is 14.8 Å². The fraction of sp³-hybridized carbons (Fsp3) is 0.500. The fourth-order valence-corrected chi connectivity index (χ4v) is 3.62. The molecule has 3 heterocycles. The number of anilines is 1. The van der Waals surface area contributed by atoms with Gasteiger partial charge in [0.15, 0.2) is 12.1 Å². The molecule has 110 valence electrons. The van der Waals surface area contributed by atoms with E-state index < -0.39 is 0 Å². The second-order valence-electron chi connectivity index (χ2n) is 6.12. The average molecular weight is 284 g/mol. The Kier molecular flexibility index (Phi) is 3.05. The van der Waals surface area contributed by atoms with Crippen molar-refractivity contribution in [2.45, 2.75) is 51.1 Å². The summed E-state index contributed by atoms with van der Waals surface area (Å²) in [4.78, 5) is 11.0. The Bertz CT molecular complexity index is 664. The smallest absolute Gasteiger partial charge is 0.151 e. The van der Waals surface area contributed by atoms with Gasteiger partial charge in [0.25, 0.3) is 0 Å². The minimum Gasteiger partial charge on any atom is -0.366 e. The van der Waals surface area contributed by atoms with Crippen LogP contribution in [0.1, 0.15) is 48.0 Å². The summed E-state index contributed by atoms with van der Waals surface area (Å²) < 4.78 is 2.16. The van der Waals surface area contributed by atoms with E-state index in [1.807, 2.05) is 12.3 Å². The zero-order valence-electron chi connectivity index (χ0n) is 12.1. The lowest BCUT2D eigenvalue weighted by Gasteiger charge is -2.12. The number of aryl methyl sites for hydroxylation is 1. The zero-order valence-corrected chi connectivity index (χ0v) is 12.1. The van der Waals surface area contributed by atoms with E-state index in [2.05, 4.69) is 20.1 Å². The van der Waals surface area contributed by atoms with E-state index in [1.54, 1.807) is 0 Å². The Balaban J connectivity index is 1.71. The zero-order chi connectivity index (χ0) is 14.2. The van der Waals surface area contributed by atoms with Crippen LogP contribution in [0.2, 0.25) is 0 Å². The molecule has 2 aliphatic rings. The first-order valence-electron chi connectivity index (χ1n) is 7.84. The standard InChI is InChI=1S/C16H20N4O/c21-10-11-8-14-15-13(6-3-7-20(14)9-11)16(19-18-15)17-12-4-1-2-5-12/h8-10,12H,1-7H2,(H2,17,18,19). The second-order valence-corrected chi connectivity index (χ2v) is 6.12. The molecule has 2 N–H and O–H groups in total. The van der Waals surface area contributed by atoms with Gasteiger partial charge in [-0.25, -0.2) is 0 Å². The van der Waals surface area contributed by atoms with Crippen LogP contribution >= 0.6 is 0 Å². The third-order valence-corrected chi connectivity index (χ3v) is 4.70. The number of hydrogen-bond donors (Lipinski definition) is 2. The minimum absolute atomic E-state index is 0.568. The van der Waals surface area contributed by atoms with Crippen LogP contribution in [0.15, 0.2) is 12.3 Å². The van der Waals surface area contributed by atoms with Gasteiger partial charge in [0.1, 0.15) is 0 Å². The third-order valence-electron chi connectivity index (χ3n) is 4.70. The number of aromatic nitrogens is 3. The van der Waals surface area contributed by atoms with Gasteiger partial charge in [-0.05, 0) is 31.7 Å². The van der Waals surface area contributed by atoms with Crippen molar-refractivity contribution < 1.29 is 4.79 Å². The molecule has 0 bridgehead atoms. The Labute approximate surface area is 123 Å². The summed E-state index contributed by atoms with van der Waals surface area (Å²) in [5.41, 5.74) is 4.16. The number of hydrogen-bond acceptors (Lipinski definition) is 3. The van der Waals surface area contributed by atoms with Crippen molar-refractivity contribution >= 4 is 12.1 Å². The maximum Gasteiger partial charge on any atom is 0.151 e. The van der Waals surface area contributed by atoms with Crippen LogP contribution in [0, 0.1) is 0 Å². The number of fused-ring (bicyclic) bond motifs is 3. The Morgan fingerprint density at radius 2 is 2.19 bits per heavy atom. The highest BCUT2D eigenvalue weighted by Crippen LogP contribution is 2.33. The normalized spacial score (nSPS) is 18.1. The molecule has 1 aliphatic carbocycles. The van der Waals surface area contributed by atoms with Crippen LogP contribution in [0.3, 0.4) is 0 Å². The maximum atomic E-state index is 11.0. The predicted octanol–water partition coefficient (Wildman–Crippen LogP) is 2.99. The van der Waals surface area contributed by atoms with Crippen molar-refractivity contribution in [2.75, 3.05) is 5.32 Å². The molecule has 1 fully saturated rings. The highest BCUT2D eigenvalue weighted by Gasteiger charge is 2.23. The number of aldehydes is 1. The van der Waals surface area contributed by atoms with E-state index >= 15 is 0 Å². The van der Waals surface area contributed by atoms with E-state index in [4.69, 9.17) is 0 Å². The van der Waals surface area contributed by atoms with E-state index in [1.165, 1.54) is 31.2 Å². The molecule has 0 spiro atoms. The quantitative estimate of drug-likeness (QED) is 0.852. The van der Waals surface area contributed by atoms with Gasteiger partial charge in [-0.15, -0.1) is 0 Å². The number of rotatable bonds is 3. The molecule has 0 radical (unpaired) electrons. The lowest BCUT2D eigenvalue weighted by molar-refractivity contribution is 0.112.